The van der Waals surface area contributed by atoms with Crippen molar-refractivity contribution in [2.45, 2.75) is 33.0 Å². The summed E-state index contributed by atoms with van der Waals surface area (Å²) in [6, 6.07) is 20.0. The molecule has 3 aromatic rings. The third-order valence-electron chi connectivity index (χ3n) is 5.03. The van der Waals surface area contributed by atoms with Crippen LogP contribution in [0.15, 0.2) is 77.4 Å². The lowest BCUT2D eigenvalue weighted by Crippen LogP contribution is -2.47. The predicted octanol–water partition coefficient (Wildman–Crippen LogP) is 4.76. The summed E-state index contributed by atoms with van der Waals surface area (Å²) in [6.07, 6.45) is 1.58. The third-order valence-corrected chi connectivity index (χ3v) is 5.03. The fourth-order valence-corrected chi connectivity index (χ4v) is 3.30. The number of rotatable bonds is 9. The summed E-state index contributed by atoms with van der Waals surface area (Å²) in [5.74, 6) is 1.07. The van der Waals surface area contributed by atoms with E-state index >= 15 is 0 Å². The Morgan fingerprint density at radius 2 is 1.69 bits per heavy atom. The molecule has 0 unspecified atom stereocenters. The Balaban J connectivity index is 1.75. The van der Waals surface area contributed by atoms with Gasteiger partial charge in [-0.1, -0.05) is 42.5 Å². The van der Waals surface area contributed by atoms with Crippen molar-refractivity contribution in [2.24, 2.45) is 0 Å². The van der Waals surface area contributed by atoms with Crippen LogP contribution in [0.1, 0.15) is 25.2 Å². The van der Waals surface area contributed by atoms with Crippen LogP contribution in [0.3, 0.4) is 0 Å². The third kappa shape index (κ3) is 6.14. The Bertz CT molecular complexity index is 1000. The molecule has 7 heteroatoms. The molecule has 0 fully saturated rings. The van der Waals surface area contributed by atoms with Gasteiger partial charge in [0, 0.05) is 12.6 Å². The molecule has 0 saturated heterocycles. The molecule has 168 valence electrons. The van der Waals surface area contributed by atoms with E-state index in [1.165, 1.54) is 4.90 Å². The molecule has 7 nitrogen and oxygen atoms in total. The first-order chi connectivity index (χ1) is 15.5. The summed E-state index contributed by atoms with van der Waals surface area (Å²) in [7, 11) is 1.55. The van der Waals surface area contributed by atoms with Gasteiger partial charge in [-0.15, -0.1) is 0 Å². The highest BCUT2D eigenvalue weighted by atomic mass is 16.5. The van der Waals surface area contributed by atoms with Gasteiger partial charge in [0.25, 0.3) is 0 Å². The Hall–Kier alpha value is -3.74. The average Bonchev–Trinajstić information content (AvgIpc) is 3.31. The first-order valence-corrected chi connectivity index (χ1v) is 10.5. The number of methoxy groups -OCH3 is 1. The normalized spacial score (nSPS) is 10.6. The smallest absolute Gasteiger partial charge is 0.322 e. The first-order valence-electron chi connectivity index (χ1n) is 10.5. The van der Waals surface area contributed by atoms with E-state index in [1.54, 1.807) is 36.5 Å². The zero-order valence-corrected chi connectivity index (χ0v) is 18.7. The van der Waals surface area contributed by atoms with Gasteiger partial charge in [0.1, 0.15) is 18.1 Å². The lowest BCUT2D eigenvalue weighted by Gasteiger charge is -2.30. The van der Waals surface area contributed by atoms with Crippen molar-refractivity contribution in [2.75, 3.05) is 19.0 Å². The molecule has 1 aromatic heterocycles. The van der Waals surface area contributed by atoms with Crippen molar-refractivity contribution in [1.29, 1.82) is 0 Å². The second-order valence-electron chi connectivity index (χ2n) is 7.67. The molecule has 0 aliphatic rings. The zero-order chi connectivity index (χ0) is 22.9. The standard InChI is InChI=1S/C25H29N3O4/c1-19(2)28(25(30)26-22-13-7-8-14-23(22)31-3)18-24(29)27(17-21-12-9-15-32-21)16-20-10-5-4-6-11-20/h4-15,19H,16-18H2,1-3H3,(H,26,30). The fraction of sp³-hybridized carbons (Fsp3) is 0.280. The van der Waals surface area contributed by atoms with E-state index in [9.17, 15) is 9.59 Å². The highest BCUT2D eigenvalue weighted by molar-refractivity contribution is 5.93. The number of para-hydroxylation sites is 2. The van der Waals surface area contributed by atoms with Crippen LogP contribution in [0.25, 0.3) is 0 Å². The number of hydrogen-bond donors (Lipinski definition) is 1. The number of nitrogens with one attached hydrogen (secondary N) is 1. The molecule has 3 rings (SSSR count). The van der Waals surface area contributed by atoms with Gasteiger partial charge in [-0.25, -0.2) is 4.79 Å². The van der Waals surface area contributed by atoms with Gasteiger partial charge < -0.3 is 24.3 Å². The van der Waals surface area contributed by atoms with E-state index in [0.717, 1.165) is 5.56 Å². The van der Waals surface area contributed by atoms with E-state index in [4.69, 9.17) is 9.15 Å². The highest BCUT2D eigenvalue weighted by Gasteiger charge is 2.25. The number of amides is 3. The maximum atomic E-state index is 13.3. The molecule has 1 heterocycles. The van der Waals surface area contributed by atoms with Gasteiger partial charge in [-0.05, 0) is 43.7 Å². The van der Waals surface area contributed by atoms with E-state index in [-0.39, 0.29) is 24.5 Å². The number of carbonyl (C=O) groups excluding carboxylic acids is 2. The van der Waals surface area contributed by atoms with Gasteiger partial charge in [0.2, 0.25) is 5.91 Å². The SMILES string of the molecule is COc1ccccc1NC(=O)N(CC(=O)N(Cc1ccccc1)Cc1ccco1)C(C)C. The van der Waals surface area contributed by atoms with E-state index in [1.807, 2.05) is 62.4 Å². The van der Waals surface area contributed by atoms with Crippen LogP contribution in [-0.4, -0.2) is 41.4 Å². The van der Waals surface area contributed by atoms with Crippen LogP contribution in [0, 0.1) is 0 Å². The molecule has 0 atom stereocenters. The van der Waals surface area contributed by atoms with Gasteiger partial charge in [0.05, 0.1) is 25.6 Å². The van der Waals surface area contributed by atoms with Crippen molar-refractivity contribution < 1.29 is 18.7 Å². The van der Waals surface area contributed by atoms with Crippen molar-refractivity contribution in [1.82, 2.24) is 9.80 Å². The van der Waals surface area contributed by atoms with Crippen LogP contribution >= 0.6 is 0 Å². The first kappa shape index (κ1) is 22.9. The molecule has 32 heavy (non-hydrogen) atoms. The molecule has 0 radical (unpaired) electrons. The lowest BCUT2D eigenvalue weighted by molar-refractivity contribution is -0.133. The maximum Gasteiger partial charge on any atom is 0.322 e. The van der Waals surface area contributed by atoms with E-state index in [2.05, 4.69) is 5.32 Å². The molecular weight excluding hydrogens is 406 g/mol. The highest BCUT2D eigenvalue weighted by Crippen LogP contribution is 2.23. The number of benzene rings is 2. The molecule has 2 aromatic carbocycles. The molecule has 1 N–H and O–H groups in total. The summed E-state index contributed by atoms with van der Waals surface area (Å²) >= 11 is 0. The molecule has 0 aliphatic carbocycles. The minimum atomic E-state index is -0.365. The molecule has 0 bridgehead atoms. The zero-order valence-electron chi connectivity index (χ0n) is 18.7. The van der Waals surface area contributed by atoms with Crippen molar-refractivity contribution in [3.05, 3.63) is 84.3 Å². The summed E-state index contributed by atoms with van der Waals surface area (Å²) in [4.78, 5) is 29.5. The number of nitrogens with zero attached hydrogens (tertiary/aromatic N) is 2. The van der Waals surface area contributed by atoms with Gasteiger partial charge in [-0.2, -0.15) is 0 Å². The van der Waals surface area contributed by atoms with Crippen LogP contribution in [-0.2, 0) is 17.9 Å². The monoisotopic (exact) mass is 435 g/mol. The lowest BCUT2D eigenvalue weighted by atomic mass is 10.2. The van der Waals surface area contributed by atoms with Crippen LogP contribution < -0.4 is 10.1 Å². The number of anilines is 1. The van der Waals surface area contributed by atoms with Crippen LogP contribution in [0.5, 0.6) is 5.75 Å². The average molecular weight is 436 g/mol. The summed E-state index contributed by atoms with van der Waals surface area (Å²) in [5, 5.41) is 2.86. The Labute approximate surface area is 188 Å². The second-order valence-corrected chi connectivity index (χ2v) is 7.67. The molecular formula is C25H29N3O4. The predicted molar refractivity (Wildman–Crippen MR) is 123 cm³/mol. The topological polar surface area (TPSA) is 75.0 Å². The van der Waals surface area contributed by atoms with Crippen molar-refractivity contribution >= 4 is 17.6 Å². The maximum absolute atomic E-state index is 13.3. The minimum Gasteiger partial charge on any atom is -0.495 e. The number of hydrogen-bond acceptors (Lipinski definition) is 4. The van der Waals surface area contributed by atoms with Gasteiger partial charge >= 0.3 is 6.03 Å². The van der Waals surface area contributed by atoms with E-state index < -0.39 is 0 Å². The summed E-state index contributed by atoms with van der Waals surface area (Å²) in [5.41, 5.74) is 1.55. The summed E-state index contributed by atoms with van der Waals surface area (Å²) < 4.78 is 10.8. The van der Waals surface area contributed by atoms with Crippen molar-refractivity contribution in [3.8, 4) is 5.75 Å². The fourth-order valence-electron chi connectivity index (χ4n) is 3.30. The Kier molecular flexibility index (Phi) is 7.91. The summed E-state index contributed by atoms with van der Waals surface area (Å²) in [6.45, 7) is 4.43. The number of furan rings is 1. The number of ether oxygens (including phenoxy) is 1. The van der Waals surface area contributed by atoms with Gasteiger partial charge in [-0.3, -0.25) is 4.79 Å². The van der Waals surface area contributed by atoms with Crippen LogP contribution in [0.2, 0.25) is 0 Å². The molecule has 0 spiro atoms. The molecule has 3 amide bonds. The second kappa shape index (κ2) is 11.0. The quantitative estimate of drug-likeness (QED) is 0.526. The molecule has 0 saturated carbocycles. The van der Waals surface area contributed by atoms with Gasteiger partial charge in [0.15, 0.2) is 0 Å². The van der Waals surface area contributed by atoms with Crippen LogP contribution in [0.4, 0.5) is 10.5 Å². The minimum absolute atomic E-state index is 0.0633. The molecule has 0 aliphatic heterocycles. The van der Waals surface area contributed by atoms with Crippen molar-refractivity contribution in [3.63, 3.8) is 0 Å². The Morgan fingerprint density at radius 1 is 0.969 bits per heavy atom. The Morgan fingerprint density at radius 3 is 2.34 bits per heavy atom. The largest absolute Gasteiger partial charge is 0.495 e. The number of urea groups is 1. The van der Waals surface area contributed by atoms with E-state index in [0.29, 0.717) is 30.3 Å². The number of carbonyl (C=O) groups is 2.